The molecule has 5 nitrogen and oxygen atoms in total. The van der Waals surface area contributed by atoms with Gasteiger partial charge in [0.05, 0.1) is 11.4 Å². The summed E-state index contributed by atoms with van der Waals surface area (Å²) in [6, 6.07) is 42.5. The first-order chi connectivity index (χ1) is 18.8. The van der Waals surface area contributed by atoms with E-state index in [0.29, 0.717) is 22.6 Å². The van der Waals surface area contributed by atoms with Gasteiger partial charge in [0.2, 0.25) is 0 Å². The van der Waals surface area contributed by atoms with Crippen LogP contribution >= 0.6 is 0 Å². The van der Waals surface area contributed by atoms with Gasteiger partial charge < -0.3 is 10.0 Å². The molecule has 0 aliphatic heterocycles. The first-order valence-corrected chi connectivity index (χ1v) is 12.3. The fourth-order valence-corrected chi connectivity index (χ4v) is 4.38. The molecule has 0 aliphatic rings. The molecule has 192 valence electrons. The van der Waals surface area contributed by atoms with Crippen LogP contribution in [0.3, 0.4) is 0 Å². The molecule has 0 radical (unpaired) electrons. The molecule has 4 aromatic carbocycles. The van der Waals surface area contributed by atoms with Gasteiger partial charge in [-0.25, -0.2) is 4.98 Å². The standard InChI is InChI=1S/C33H23N4O.Pt/c38-30-19-8-7-18-28(30)33-32(24-12-3-1-4-13-24)35-23-29(36-33)25-14-11-17-27(22-25)37(26-15-5-2-6-16-26)31-20-9-10-21-34-31;/h1-21,23,38H;/q-1;. The number of rotatable bonds is 6. The van der Waals surface area contributed by atoms with E-state index in [2.05, 4.69) is 16.0 Å². The van der Waals surface area contributed by atoms with E-state index in [1.807, 2.05) is 109 Å². The zero-order valence-electron chi connectivity index (χ0n) is 20.8. The number of aromatic nitrogens is 3. The van der Waals surface area contributed by atoms with Crippen molar-refractivity contribution in [3.05, 3.63) is 140 Å². The Bertz CT molecular complexity index is 1640. The van der Waals surface area contributed by atoms with Gasteiger partial charge in [-0.2, -0.15) is 0 Å². The summed E-state index contributed by atoms with van der Waals surface area (Å²) in [4.78, 5) is 16.5. The summed E-state index contributed by atoms with van der Waals surface area (Å²) < 4.78 is 0. The monoisotopic (exact) mass is 686 g/mol. The van der Waals surface area contributed by atoms with E-state index in [1.165, 1.54) is 0 Å². The van der Waals surface area contributed by atoms with Crippen molar-refractivity contribution in [3.8, 4) is 39.5 Å². The average Bonchev–Trinajstić information content (AvgIpc) is 2.99. The van der Waals surface area contributed by atoms with E-state index < -0.39 is 0 Å². The van der Waals surface area contributed by atoms with Gasteiger partial charge in [0, 0.05) is 56.0 Å². The Labute approximate surface area is 241 Å². The number of aromatic hydroxyl groups is 1. The Balaban J connectivity index is 0.00000308. The second-order valence-electron chi connectivity index (χ2n) is 8.64. The second kappa shape index (κ2) is 11.8. The summed E-state index contributed by atoms with van der Waals surface area (Å²) in [5.74, 6) is 0.937. The molecule has 0 saturated heterocycles. The third-order valence-corrected chi connectivity index (χ3v) is 6.17. The Morgan fingerprint density at radius 3 is 2.10 bits per heavy atom. The molecular weight excluding hydrogens is 663 g/mol. The molecule has 2 aromatic heterocycles. The smallest absolute Gasteiger partial charge is 0.136 e. The minimum Gasteiger partial charge on any atom is -0.507 e. The molecule has 0 unspecified atom stereocenters. The molecule has 39 heavy (non-hydrogen) atoms. The van der Waals surface area contributed by atoms with E-state index in [4.69, 9.17) is 9.97 Å². The quantitative estimate of drug-likeness (QED) is 0.181. The first kappa shape index (κ1) is 26.0. The zero-order valence-corrected chi connectivity index (χ0v) is 23.0. The Morgan fingerprint density at radius 1 is 0.641 bits per heavy atom. The maximum Gasteiger partial charge on any atom is 0.136 e. The Morgan fingerprint density at radius 2 is 1.36 bits per heavy atom. The number of benzene rings is 4. The fraction of sp³-hybridized carbons (Fsp3) is 0. The number of phenols is 1. The van der Waals surface area contributed by atoms with Crippen molar-refractivity contribution in [2.45, 2.75) is 0 Å². The molecule has 0 amide bonds. The second-order valence-corrected chi connectivity index (χ2v) is 8.64. The first-order valence-electron chi connectivity index (χ1n) is 12.3. The third-order valence-electron chi connectivity index (χ3n) is 6.17. The van der Waals surface area contributed by atoms with Gasteiger partial charge in [0.15, 0.2) is 0 Å². The summed E-state index contributed by atoms with van der Waals surface area (Å²) >= 11 is 0. The summed E-state index contributed by atoms with van der Waals surface area (Å²) in [5, 5.41) is 10.7. The van der Waals surface area contributed by atoms with Gasteiger partial charge in [-0.05, 0) is 42.1 Å². The van der Waals surface area contributed by atoms with Crippen LogP contribution in [0.4, 0.5) is 17.2 Å². The molecule has 6 aromatic rings. The molecule has 6 rings (SSSR count). The van der Waals surface area contributed by atoms with E-state index in [1.54, 1.807) is 24.5 Å². The Hall–Kier alpha value is -4.60. The number of nitrogens with zero attached hydrogens (tertiary/aromatic N) is 4. The van der Waals surface area contributed by atoms with Gasteiger partial charge in [-0.1, -0.05) is 66.7 Å². The maximum atomic E-state index is 10.7. The minimum atomic E-state index is 0. The molecule has 0 bridgehead atoms. The largest absolute Gasteiger partial charge is 0.507 e. The molecule has 0 aliphatic carbocycles. The molecule has 1 N–H and O–H groups in total. The van der Waals surface area contributed by atoms with Crippen LogP contribution in [0.15, 0.2) is 134 Å². The van der Waals surface area contributed by atoms with E-state index in [-0.39, 0.29) is 26.8 Å². The number of pyridine rings is 1. The van der Waals surface area contributed by atoms with Crippen LogP contribution in [-0.2, 0) is 21.1 Å². The van der Waals surface area contributed by atoms with Crippen molar-refractivity contribution in [2.24, 2.45) is 0 Å². The van der Waals surface area contributed by atoms with Crippen LogP contribution in [0.25, 0.3) is 33.8 Å². The van der Waals surface area contributed by atoms with Crippen molar-refractivity contribution in [2.75, 3.05) is 4.90 Å². The topological polar surface area (TPSA) is 62.1 Å². The molecule has 0 spiro atoms. The number of anilines is 3. The van der Waals surface area contributed by atoms with Crippen molar-refractivity contribution in [3.63, 3.8) is 0 Å². The van der Waals surface area contributed by atoms with Gasteiger partial charge in [-0.15, -0.1) is 29.8 Å². The summed E-state index contributed by atoms with van der Waals surface area (Å²) in [7, 11) is 0. The zero-order chi connectivity index (χ0) is 25.7. The predicted molar refractivity (Wildman–Crippen MR) is 151 cm³/mol. The Kier molecular flexibility index (Phi) is 7.90. The van der Waals surface area contributed by atoms with Crippen LogP contribution in [0.1, 0.15) is 0 Å². The minimum absolute atomic E-state index is 0. The number of para-hydroxylation sites is 2. The van der Waals surface area contributed by atoms with E-state index in [9.17, 15) is 5.11 Å². The van der Waals surface area contributed by atoms with Crippen molar-refractivity contribution in [1.82, 2.24) is 15.0 Å². The molecule has 0 atom stereocenters. The van der Waals surface area contributed by atoms with Crippen LogP contribution < -0.4 is 4.90 Å². The molecule has 0 saturated carbocycles. The molecular formula is C33H23N4OPt-. The number of hydrogen-bond donors (Lipinski definition) is 1. The molecule has 2 heterocycles. The SMILES string of the molecule is Oc1ccccc1-c1nc(-c2[c-]c(N(c3ccccc3)c3ccccn3)ccc2)cnc1-c1ccccc1.[Pt]. The van der Waals surface area contributed by atoms with Crippen molar-refractivity contribution in [1.29, 1.82) is 0 Å². The average molecular weight is 687 g/mol. The van der Waals surface area contributed by atoms with E-state index in [0.717, 1.165) is 28.3 Å². The van der Waals surface area contributed by atoms with Gasteiger partial charge in [0.1, 0.15) is 11.6 Å². The predicted octanol–water partition coefficient (Wildman–Crippen LogP) is 7.85. The van der Waals surface area contributed by atoms with Crippen LogP contribution in [-0.4, -0.2) is 20.1 Å². The van der Waals surface area contributed by atoms with Crippen LogP contribution in [0.5, 0.6) is 5.75 Å². The van der Waals surface area contributed by atoms with Gasteiger partial charge in [-0.3, -0.25) is 9.97 Å². The van der Waals surface area contributed by atoms with Crippen molar-refractivity contribution >= 4 is 17.2 Å². The fourth-order valence-electron chi connectivity index (χ4n) is 4.38. The number of phenolic OH excluding ortho intramolecular Hbond substituents is 1. The normalized spacial score (nSPS) is 10.5. The summed E-state index contributed by atoms with van der Waals surface area (Å²) in [6.07, 6.45) is 3.54. The van der Waals surface area contributed by atoms with Crippen molar-refractivity contribution < 1.29 is 26.2 Å². The summed E-state index contributed by atoms with van der Waals surface area (Å²) in [6.45, 7) is 0. The van der Waals surface area contributed by atoms with Gasteiger partial charge >= 0.3 is 0 Å². The van der Waals surface area contributed by atoms with E-state index >= 15 is 0 Å². The molecule has 6 heteroatoms. The maximum absolute atomic E-state index is 10.7. The number of hydrogen-bond acceptors (Lipinski definition) is 5. The third kappa shape index (κ3) is 5.50. The van der Waals surface area contributed by atoms with Gasteiger partial charge in [0.25, 0.3) is 0 Å². The van der Waals surface area contributed by atoms with Crippen LogP contribution in [0, 0.1) is 6.07 Å². The summed E-state index contributed by atoms with van der Waals surface area (Å²) in [5.41, 5.74) is 6.08. The van der Waals surface area contributed by atoms with Crippen LogP contribution in [0.2, 0.25) is 0 Å². The molecule has 0 fully saturated rings.